The van der Waals surface area contributed by atoms with Gasteiger partial charge in [-0.25, -0.2) is 4.68 Å². The standard InChI is InChI=1S/C25H23N3O3/c1-16-8-9-17(2)22(14-16)26-23(29)15-28-25(30)21-7-5-4-6-20(21)24(27-28)18-10-12-19(31-3)13-11-18/h4-14H,15H2,1-3H3,(H,26,29). The number of carbonyl (C=O) groups excluding carboxylic acids is 1. The van der Waals surface area contributed by atoms with Gasteiger partial charge in [0.1, 0.15) is 12.3 Å². The van der Waals surface area contributed by atoms with Crippen LogP contribution in [-0.4, -0.2) is 22.8 Å². The molecule has 31 heavy (non-hydrogen) atoms. The van der Waals surface area contributed by atoms with Crippen LogP contribution in [0, 0.1) is 13.8 Å². The van der Waals surface area contributed by atoms with Gasteiger partial charge in [-0.15, -0.1) is 0 Å². The van der Waals surface area contributed by atoms with Gasteiger partial charge < -0.3 is 10.1 Å². The molecule has 0 aliphatic carbocycles. The van der Waals surface area contributed by atoms with Crippen LogP contribution in [0.15, 0.2) is 71.5 Å². The average molecular weight is 413 g/mol. The highest BCUT2D eigenvalue weighted by Crippen LogP contribution is 2.26. The number of nitrogens with zero attached hydrogens (tertiary/aromatic N) is 2. The number of benzene rings is 3. The molecular formula is C25H23N3O3. The number of aromatic nitrogens is 2. The van der Waals surface area contributed by atoms with Crippen LogP contribution in [0.25, 0.3) is 22.0 Å². The van der Waals surface area contributed by atoms with Crippen molar-refractivity contribution in [1.29, 1.82) is 0 Å². The molecule has 1 amide bonds. The minimum Gasteiger partial charge on any atom is -0.497 e. The van der Waals surface area contributed by atoms with Crippen molar-refractivity contribution >= 4 is 22.4 Å². The van der Waals surface area contributed by atoms with Gasteiger partial charge in [-0.1, -0.05) is 30.3 Å². The van der Waals surface area contributed by atoms with Gasteiger partial charge in [-0.2, -0.15) is 5.10 Å². The van der Waals surface area contributed by atoms with Crippen LogP contribution >= 0.6 is 0 Å². The molecule has 4 aromatic rings. The van der Waals surface area contributed by atoms with Crippen LogP contribution in [-0.2, 0) is 11.3 Å². The van der Waals surface area contributed by atoms with E-state index in [2.05, 4.69) is 10.4 Å². The molecule has 1 heterocycles. The molecule has 0 saturated carbocycles. The Balaban J connectivity index is 1.74. The molecule has 0 bridgehead atoms. The number of hydrogen-bond donors (Lipinski definition) is 1. The van der Waals surface area contributed by atoms with E-state index >= 15 is 0 Å². The highest BCUT2D eigenvalue weighted by molar-refractivity contribution is 5.95. The molecule has 0 aliphatic rings. The first-order valence-electron chi connectivity index (χ1n) is 9.97. The third-order valence-corrected chi connectivity index (χ3v) is 5.19. The summed E-state index contributed by atoms with van der Waals surface area (Å²) in [6.45, 7) is 3.71. The number of amides is 1. The average Bonchev–Trinajstić information content (AvgIpc) is 2.78. The summed E-state index contributed by atoms with van der Waals surface area (Å²) in [5.74, 6) is 0.425. The second-order valence-electron chi connectivity index (χ2n) is 7.45. The molecule has 0 unspecified atom stereocenters. The van der Waals surface area contributed by atoms with E-state index in [9.17, 15) is 9.59 Å². The van der Waals surface area contributed by atoms with Gasteiger partial charge in [-0.3, -0.25) is 9.59 Å². The highest BCUT2D eigenvalue weighted by atomic mass is 16.5. The first kappa shape index (κ1) is 20.3. The van der Waals surface area contributed by atoms with Crippen molar-refractivity contribution in [3.05, 3.63) is 88.2 Å². The minimum atomic E-state index is -0.306. The molecule has 0 atom stereocenters. The maximum absolute atomic E-state index is 13.0. The van der Waals surface area contributed by atoms with E-state index in [1.54, 1.807) is 13.2 Å². The Morgan fingerprint density at radius 2 is 1.71 bits per heavy atom. The van der Waals surface area contributed by atoms with E-state index in [4.69, 9.17) is 4.74 Å². The van der Waals surface area contributed by atoms with E-state index < -0.39 is 0 Å². The Hall–Kier alpha value is -3.93. The maximum atomic E-state index is 13.0. The van der Waals surface area contributed by atoms with Gasteiger partial charge >= 0.3 is 0 Å². The van der Waals surface area contributed by atoms with Crippen molar-refractivity contribution in [2.75, 3.05) is 12.4 Å². The van der Waals surface area contributed by atoms with Gasteiger partial charge in [0, 0.05) is 16.6 Å². The first-order valence-corrected chi connectivity index (χ1v) is 9.97. The van der Waals surface area contributed by atoms with E-state index in [0.29, 0.717) is 11.1 Å². The van der Waals surface area contributed by atoms with Gasteiger partial charge in [0.2, 0.25) is 5.91 Å². The summed E-state index contributed by atoms with van der Waals surface area (Å²) in [6.07, 6.45) is 0. The summed E-state index contributed by atoms with van der Waals surface area (Å²) < 4.78 is 6.46. The topological polar surface area (TPSA) is 73.2 Å². The van der Waals surface area contributed by atoms with E-state index in [-0.39, 0.29) is 18.0 Å². The summed E-state index contributed by atoms with van der Waals surface area (Å²) in [6, 6.07) is 20.6. The number of aryl methyl sites for hydroxylation is 2. The number of methoxy groups -OCH3 is 1. The number of fused-ring (bicyclic) bond motifs is 1. The predicted molar refractivity (Wildman–Crippen MR) is 123 cm³/mol. The number of hydrogen-bond acceptors (Lipinski definition) is 4. The zero-order valence-corrected chi connectivity index (χ0v) is 17.7. The molecule has 3 aromatic carbocycles. The molecule has 0 spiro atoms. The Labute approximate surface area is 180 Å². The molecule has 0 saturated heterocycles. The summed E-state index contributed by atoms with van der Waals surface area (Å²) in [7, 11) is 1.61. The molecule has 4 rings (SSSR count). The lowest BCUT2D eigenvalue weighted by molar-refractivity contribution is -0.117. The maximum Gasteiger partial charge on any atom is 0.275 e. The van der Waals surface area contributed by atoms with E-state index in [1.807, 2.05) is 74.5 Å². The molecule has 6 heteroatoms. The number of carbonyl (C=O) groups is 1. The summed E-state index contributed by atoms with van der Waals surface area (Å²) in [5.41, 5.74) is 3.90. The lowest BCUT2D eigenvalue weighted by atomic mass is 10.0. The Morgan fingerprint density at radius 1 is 1.00 bits per heavy atom. The third kappa shape index (κ3) is 4.19. The van der Waals surface area contributed by atoms with Crippen LogP contribution in [0.3, 0.4) is 0 Å². The predicted octanol–water partition coefficient (Wildman–Crippen LogP) is 4.33. The molecule has 1 aromatic heterocycles. The van der Waals surface area contributed by atoms with E-state index in [1.165, 1.54) is 4.68 Å². The highest BCUT2D eigenvalue weighted by Gasteiger charge is 2.15. The second kappa shape index (κ2) is 8.44. The minimum absolute atomic E-state index is 0.180. The van der Waals surface area contributed by atoms with Gasteiger partial charge in [0.15, 0.2) is 0 Å². The van der Waals surface area contributed by atoms with Crippen LogP contribution in [0.5, 0.6) is 5.75 Å². The Bertz CT molecular complexity index is 1320. The molecule has 0 fully saturated rings. The quantitative estimate of drug-likeness (QED) is 0.529. The lowest BCUT2D eigenvalue weighted by Gasteiger charge is -2.13. The molecule has 6 nitrogen and oxygen atoms in total. The van der Waals surface area contributed by atoms with Crippen LogP contribution < -0.4 is 15.6 Å². The molecule has 1 N–H and O–H groups in total. The number of nitrogens with one attached hydrogen (secondary N) is 1. The summed E-state index contributed by atoms with van der Waals surface area (Å²) in [5, 5.41) is 8.70. The molecule has 0 radical (unpaired) electrons. The lowest BCUT2D eigenvalue weighted by Crippen LogP contribution is -2.30. The van der Waals surface area contributed by atoms with Crippen molar-refractivity contribution < 1.29 is 9.53 Å². The first-order chi connectivity index (χ1) is 15.0. The smallest absolute Gasteiger partial charge is 0.275 e. The van der Waals surface area contributed by atoms with Crippen molar-refractivity contribution in [3.8, 4) is 17.0 Å². The normalized spacial score (nSPS) is 10.8. The van der Waals surface area contributed by atoms with Gasteiger partial charge in [0.05, 0.1) is 18.2 Å². The zero-order valence-electron chi connectivity index (χ0n) is 17.7. The largest absolute Gasteiger partial charge is 0.497 e. The molecule has 0 aliphatic heterocycles. The van der Waals surface area contributed by atoms with Crippen LogP contribution in [0.2, 0.25) is 0 Å². The Kier molecular flexibility index (Phi) is 5.54. The fourth-order valence-corrected chi connectivity index (χ4v) is 3.50. The van der Waals surface area contributed by atoms with Crippen LogP contribution in [0.1, 0.15) is 11.1 Å². The second-order valence-corrected chi connectivity index (χ2v) is 7.45. The number of rotatable bonds is 5. The van der Waals surface area contributed by atoms with Gasteiger partial charge in [-0.05, 0) is 61.4 Å². The van der Waals surface area contributed by atoms with Crippen molar-refractivity contribution in [1.82, 2.24) is 9.78 Å². The van der Waals surface area contributed by atoms with Crippen molar-refractivity contribution in [2.24, 2.45) is 0 Å². The van der Waals surface area contributed by atoms with E-state index in [0.717, 1.165) is 33.5 Å². The summed E-state index contributed by atoms with van der Waals surface area (Å²) in [4.78, 5) is 25.8. The fourth-order valence-electron chi connectivity index (χ4n) is 3.50. The third-order valence-electron chi connectivity index (χ3n) is 5.19. The number of ether oxygens (including phenoxy) is 1. The Morgan fingerprint density at radius 3 is 2.42 bits per heavy atom. The summed E-state index contributed by atoms with van der Waals surface area (Å²) >= 11 is 0. The monoisotopic (exact) mass is 413 g/mol. The van der Waals surface area contributed by atoms with Crippen molar-refractivity contribution in [3.63, 3.8) is 0 Å². The van der Waals surface area contributed by atoms with Crippen LogP contribution in [0.4, 0.5) is 5.69 Å². The molecular weight excluding hydrogens is 390 g/mol. The van der Waals surface area contributed by atoms with Crippen molar-refractivity contribution in [2.45, 2.75) is 20.4 Å². The SMILES string of the molecule is COc1ccc(-c2nn(CC(=O)Nc3cc(C)ccc3C)c(=O)c3ccccc23)cc1. The molecule has 156 valence electrons. The number of anilines is 1. The fraction of sp³-hybridized carbons (Fsp3) is 0.160. The zero-order chi connectivity index (χ0) is 22.0. The van der Waals surface area contributed by atoms with Gasteiger partial charge in [0.25, 0.3) is 5.56 Å².